The van der Waals surface area contributed by atoms with E-state index in [2.05, 4.69) is 6.58 Å². The lowest BCUT2D eigenvalue weighted by Crippen LogP contribution is -2.42. The lowest BCUT2D eigenvalue weighted by molar-refractivity contribution is -0.124. The number of ketones is 1. The van der Waals surface area contributed by atoms with Gasteiger partial charge in [-0.2, -0.15) is 13.2 Å². The van der Waals surface area contributed by atoms with Crippen LogP contribution >= 0.6 is 0 Å². The van der Waals surface area contributed by atoms with Crippen LogP contribution in [-0.4, -0.2) is 26.4 Å². The summed E-state index contributed by atoms with van der Waals surface area (Å²) in [7, 11) is -2.03. The van der Waals surface area contributed by atoms with Crippen LogP contribution in [0, 0.1) is 0 Å². The molecule has 0 heterocycles. The molecule has 0 aliphatic heterocycles. The van der Waals surface area contributed by atoms with E-state index in [-0.39, 0.29) is 12.2 Å². The summed E-state index contributed by atoms with van der Waals surface area (Å²) in [6.45, 7) is 10.6. The fraction of sp³-hybridized carbons (Fsp3) is 0.667. The minimum absolute atomic E-state index is 0.0645. The average molecular weight is 322 g/mol. The molecule has 122 valence electrons. The van der Waals surface area contributed by atoms with Crippen LogP contribution in [0.25, 0.3) is 0 Å². The zero-order valence-electron chi connectivity index (χ0n) is 13.2. The van der Waals surface area contributed by atoms with E-state index in [1.807, 2.05) is 20.8 Å². The van der Waals surface area contributed by atoms with Crippen molar-refractivity contribution < 1.29 is 22.4 Å². The monoisotopic (exact) mass is 322 g/mol. The number of carbonyl (C=O) groups excluding carboxylic acids is 1. The average Bonchev–Trinajstić information content (AvgIpc) is 2.41. The van der Waals surface area contributed by atoms with Crippen LogP contribution in [0.4, 0.5) is 13.2 Å². The highest BCUT2D eigenvalue weighted by atomic mass is 28.4. The van der Waals surface area contributed by atoms with E-state index >= 15 is 0 Å². The quantitative estimate of drug-likeness (QED) is 0.439. The summed E-state index contributed by atoms with van der Waals surface area (Å²) in [6.07, 6.45) is -3.54. The Balaban J connectivity index is 5.14. The summed E-state index contributed by atoms with van der Waals surface area (Å²) in [5.74, 6) is -0.232. The largest absolute Gasteiger partial charge is 0.416 e. The number of hydrogen-bond donors (Lipinski definition) is 0. The van der Waals surface area contributed by atoms with Gasteiger partial charge in [0.2, 0.25) is 0 Å². The summed E-state index contributed by atoms with van der Waals surface area (Å²) >= 11 is 0. The third-order valence-corrected chi connectivity index (χ3v) is 8.53. The maximum Gasteiger partial charge on any atom is 0.416 e. The third kappa shape index (κ3) is 6.18. The number of hydrogen-bond acceptors (Lipinski definition) is 2. The first kappa shape index (κ1) is 20.1. The molecule has 0 amide bonds. The zero-order valence-corrected chi connectivity index (χ0v) is 14.2. The summed E-state index contributed by atoms with van der Waals surface area (Å²) in [5.41, 5.74) is -0.825. The van der Waals surface area contributed by atoms with Crippen LogP contribution < -0.4 is 0 Å². The number of Topliss-reactive ketones (excluding diaryl/α,β-unsaturated/α-hetero) is 1. The van der Waals surface area contributed by atoms with Gasteiger partial charge in [0.25, 0.3) is 0 Å². The van der Waals surface area contributed by atoms with E-state index in [9.17, 15) is 18.0 Å². The SMILES string of the molecule is C=C/C(=C\C[C@H](O[Si](CC)(CC)CC)C(C)=O)C(F)(F)F. The Morgan fingerprint density at radius 2 is 1.71 bits per heavy atom. The van der Waals surface area contributed by atoms with Gasteiger partial charge in [-0.25, -0.2) is 0 Å². The molecule has 0 aliphatic carbocycles. The highest BCUT2D eigenvalue weighted by molar-refractivity contribution is 6.73. The second-order valence-electron chi connectivity index (χ2n) is 5.06. The van der Waals surface area contributed by atoms with E-state index in [0.29, 0.717) is 0 Å². The van der Waals surface area contributed by atoms with E-state index < -0.39 is 26.2 Å². The summed E-state index contributed by atoms with van der Waals surface area (Å²) in [5, 5.41) is 0. The molecule has 21 heavy (non-hydrogen) atoms. The van der Waals surface area contributed by atoms with E-state index in [4.69, 9.17) is 4.43 Å². The van der Waals surface area contributed by atoms with Crippen LogP contribution in [-0.2, 0) is 9.22 Å². The number of carbonyl (C=O) groups is 1. The lowest BCUT2D eigenvalue weighted by Gasteiger charge is -2.32. The molecular formula is C15H25F3O2Si. The van der Waals surface area contributed by atoms with E-state index in [1.54, 1.807) is 0 Å². The molecule has 0 unspecified atom stereocenters. The molecule has 1 atom stereocenters. The molecule has 0 saturated heterocycles. The van der Waals surface area contributed by atoms with E-state index in [1.165, 1.54) is 6.92 Å². The third-order valence-electron chi connectivity index (χ3n) is 3.88. The maximum atomic E-state index is 12.7. The summed E-state index contributed by atoms with van der Waals surface area (Å²) < 4.78 is 44.0. The van der Waals surface area contributed by atoms with Gasteiger partial charge in [-0.05, 0) is 31.5 Å². The van der Waals surface area contributed by atoms with Crippen LogP contribution in [0.5, 0.6) is 0 Å². The first-order valence-electron chi connectivity index (χ1n) is 7.23. The predicted octanol–water partition coefficient (Wildman–Crippen LogP) is 5.03. The fourth-order valence-corrected chi connectivity index (χ4v) is 5.01. The second-order valence-corrected chi connectivity index (χ2v) is 9.78. The van der Waals surface area contributed by atoms with Crippen molar-refractivity contribution >= 4 is 14.1 Å². The van der Waals surface area contributed by atoms with Gasteiger partial charge >= 0.3 is 6.18 Å². The van der Waals surface area contributed by atoms with Crippen molar-refractivity contribution in [2.75, 3.05) is 0 Å². The number of allylic oxidation sites excluding steroid dienone is 2. The van der Waals surface area contributed by atoms with E-state index in [0.717, 1.165) is 30.3 Å². The molecule has 0 bridgehead atoms. The standard InChI is InChI=1S/C15H25F3O2Si/c1-6-13(15(16,17)18)10-11-14(12(5)19)20-21(7-2,8-3)9-4/h6,10,14H,1,7-9,11H2,2-5H3/b13-10+/t14-/m0/s1. The van der Waals surface area contributed by atoms with Crippen molar-refractivity contribution in [3.63, 3.8) is 0 Å². The van der Waals surface area contributed by atoms with Gasteiger partial charge in [0.05, 0.1) is 5.57 Å². The molecule has 0 fully saturated rings. The lowest BCUT2D eigenvalue weighted by atomic mass is 10.1. The van der Waals surface area contributed by atoms with Crippen LogP contribution in [0.15, 0.2) is 24.3 Å². The topological polar surface area (TPSA) is 26.3 Å². The van der Waals surface area contributed by atoms with Gasteiger partial charge in [0, 0.05) is 0 Å². The Morgan fingerprint density at radius 3 is 2.00 bits per heavy atom. The van der Waals surface area contributed by atoms with Crippen molar-refractivity contribution in [1.82, 2.24) is 0 Å². The normalized spacial score (nSPS) is 14.9. The molecule has 0 N–H and O–H groups in total. The minimum Gasteiger partial charge on any atom is -0.407 e. The molecule has 0 radical (unpaired) electrons. The summed E-state index contributed by atoms with van der Waals surface area (Å²) in [4.78, 5) is 11.7. The highest BCUT2D eigenvalue weighted by Gasteiger charge is 2.35. The number of halogens is 3. The molecular weight excluding hydrogens is 297 g/mol. The number of rotatable bonds is 9. The molecule has 0 spiro atoms. The van der Waals surface area contributed by atoms with Gasteiger partial charge in [0.15, 0.2) is 14.1 Å². The molecule has 6 heteroatoms. The maximum absolute atomic E-state index is 12.7. The molecule has 2 nitrogen and oxygen atoms in total. The summed E-state index contributed by atoms with van der Waals surface area (Å²) in [6, 6.07) is 2.54. The Morgan fingerprint density at radius 1 is 1.24 bits per heavy atom. The van der Waals surface area contributed by atoms with Crippen molar-refractivity contribution in [3.8, 4) is 0 Å². The van der Waals surface area contributed by atoms with Crippen molar-refractivity contribution in [3.05, 3.63) is 24.3 Å². The minimum atomic E-state index is -4.45. The van der Waals surface area contributed by atoms with Gasteiger partial charge < -0.3 is 4.43 Å². The van der Waals surface area contributed by atoms with Gasteiger partial charge in [0.1, 0.15) is 6.10 Å². The Bertz CT molecular complexity index is 377. The first-order valence-corrected chi connectivity index (χ1v) is 9.76. The molecule has 0 saturated carbocycles. The molecule has 0 aromatic carbocycles. The van der Waals surface area contributed by atoms with Crippen LogP contribution in [0.2, 0.25) is 18.1 Å². The van der Waals surface area contributed by atoms with Crippen molar-refractivity contribution in [1.29, 1.82) is 0 Å². The molecule has 0 aromatic heterocycles. The van der Waals surface area contributed by atoms with Crippen molar-refractivity contribution in [2.24, 2.45) is 0 Å². The number of alkyl halides is 3. The molecule has 0 aliphatic rings. The highest BCUT2D eigenvalue weighted by Crippen LogP contribution is 2.28. The van der Waals surface area contributed by atoms with Crippen LogP contribution in [0.1, 0.15) is 34.1 Å². The van der Waals surface area contributed by atoms with Gasteiger partial charge in [-0.15, -0.1) is 0 Å². The zero-order chi connectivity index (χ0) is 16.7. The van der Waals surface area contributed by atoms with Crippen LogP contribution in [0.3, 0.4) is 0 Å². The fourth-order valence-electron chi connectivity index (χ4n) is 2.15. The van der Waals surface area contributed by atoms with Gasteiger partial charge in [-0.1, -0.05) is 39.5 Å². The van der Waals surface area contributed by atoms with Crippen molar-refractivity contribution in [2.45, 2.75) is 64.5 Å². The van der Waals surface area contributed by atoms with Gasteiger partial charge in [-0.3, -0.25) is 4.79 Å². The smallest absolute Gasteiger partial charge is 0.407 e. The Hall–Kier alpha value is -0.883. The Kier molecular flexibility index (Phi) is 8.17. The first-order chi connectivity index (χ1) is 9.65. The molecule has 0 rings (SSSR count). The molecule has 0 aromatic rings. The predicted molar refractivity (Wildman–Crippen MR) is 81.7 cm³/mol. The Labute approximate surface area is 126 Å². The second kappa shape index (κ2) is 8.53.